The predicted octanol–water partition coefficient (Wildman–Crippen LogP) is 6.18. The van der Waals surface area contributed by atoms with Crippen LogP contribution in [0.4, 0.5) is 18.9 Å². The highest BCUT2D eigenvalue weighted by Crippen LogP contribution is 2.41. The van der Waals surface area contributed by atoms with Gasteiger partial charge in [-0.25, -0.2) is 14.6 Å². The third kappa shape index (κ3) is 4.69. The van der Waals surface area contributed by atoms with Crippen molar-refractivity contribution in [2.24, 2.45) is 0 Å². The van der Waals surface area contributed by atoms with Gasteiger partial charge in [-0.1, -0.05) is 35.9 Å². The second-order valence-electron chi connectivity index (χ2n) is 6.94. The number of esters is 1. The summed E-state index contributed by atoms with van der Waals surface area (Å²) in [4.78, 5) is 19.3. The zero-order valence-corrected chi connectivity index (χ0v) is 18.3. The zero-order chi connectivity index (χ0) is 24.3. The second kappa shape index (κ2) is 9.35. The molecule has 0 saturated carbocycles. The monoisotopic (exact) mass is 472 g/mol. The van der Waals surface area contributed by atoms with E-state index in [1.165, 1.54) is 43.5 Å². The number of halogens is 4. The number of pyridine rings is 1. The first-order chi connectivity index (χ1) is 15.6. The Labute approximate surface area is 192 Å². The lowest BCUT2D eigenvalue weighted by Gasteiger charge is -2.15. The van der Waals surface area contributed by atoms with Gasteiger partial charge in [-0.2, -0.15) is 18.4 Å². The van der Waals surface area contributed by atoms with Gasteiger partial charge in [0.1, 0.15) is 16.9 Å². The Balaban J connectivity index is 2.19. The van der Waals surface area contributed by atoms with Crippen molar-refractivity contribution in [1.29, 1.82) is 5.26 Å². The van der Waals surface area contributed by atoms with Gasteiger partial charge in [0.2, 0.25) is 0 Å². The highest BCUT2D eigenvalue weighted by molar-refractivity contribution is 6.32. The lowest BCUT2D eigenvalue weighted by atomic mass is 10.0. The fourth-order valence-electron chi connectivity index (χ4n) is 3.51. The van der Waals surface area contributed by atoms with Gasteiger partial charge < -0.3 is 9.30 Å². The molecular weight excluding hydrogens is 457 g/mol. The predicted molar refractivity (Wildman–Crippen MR) is 115 cm³/mol. The number of aromatic nitrogens is 2. The molecule has 2 aromatic heterocycles. The number of benzene rings is 1. The van der Waals surface area contributed by atoms with Crippen LogP contribution >= 0.6 is 11.6 Å². The molecule has 33 heavy (non-hydrogen) atoms. The Morgan fingerprint density at radius 1 is 1.33 bits per heavy atom. The number of carbonyl (C=O) groups excluding carboxylic acids is 1. The Hall–Kier alpha value is -3.82. The molecule has 1 aromatic carbocycles. The summed E-state index contributed by atoms with van der Waals surface area (Å²) < 4.78 is 48.1. The van der Waals surface area contributed by atoms with Crippen LogP contribution in [0, 0.1) is 24.8 Å². The largest absolute Gasteiger partial charge is 0.462 e. The average molecular weight is 473 g/mol. The first kappa shape index (κ1) is 23.8. The van der Waals surface area contributed by atoms with Crippen molar-refractivity contribution in [2.75, 3.05) is 6.61 Å². The third-order valence-corrected chi connectivity index (χ3v) is 5.22. The Morgan fingerprint density at radius 3 is 2.55 bits per heavy atom. The van der Waals surface area contributed by atoms with Crippen LogP contribution in [-0.4, -0.2) is 22.1 Å². The molecule has 0 unspecified atom stereocenters. The molecule has 0 fully saturated rings. The van der Waals surface area contributed by atoms with E-state index in [1.54, 1.807) is 13.0 Å². The molecule has 0 N–H and O–H groups in total. The van der Waals surface area contributed by atoms with E-state index in [0.717, 1.165) is 4.57 Å². The SMILES string of the molecule is [C-]#[N+]c1ccc(-c2c(C#N)c(C(F)(F)F)n(Cc3cnc(Cl)c(C(=O)OCC)c3)c2C)cc1. The van der Waals surface area contributed by atoms with Crippen molar-refractivity contribution in [3.8, 4) is 17.2 Å². The van der Waals surface area contributed by atoms with Crippen molar-refractivity contribution < 1.29 is 22.7 Å². The van der Waals surface area contributed by atoms with Gasteiger partial charge in [-0.05, 0) is 31.0 Å². The maximum atomic E-state index is 14.1. The summed E-state index contributed by atoms with van der Waals surface area (Å²) in [6.07, 6.45) is -3.56. The summed E-state index contributed by atoms with van der Waals surface area (Å²) in [7, 11) is 0. The van der Waals surface area contributed by atoms with E-state index in [0.29, 0.717) is 11.3 Å². The van der Waals surface area contributed by atoms with Crippen molar-refractivity contribution >= 4 is 23.3 Å². The Bertz CT molecular complexity index is 1300. The summed E-state index contributed by atoms with van der Waals surface area (Å²) in [6.45, 7) is 9.91. The Kier molecular flexibility index (Phi) is 6.75. The smallest absolute Gasteiger partial charge is 0.432 e. The van der Waals surface area contributed by atoms with Gasteiger partial charge >= 0.3 is 12.1 Å². The number of rotatable bonds is 5. The topological polar surface area (TPSA) is 72.3 Å². The minimum Gasteiger partial charge on any atom is -0.462 e. The molecule has 0 aliphatic heterocycles. The third-order valence-electron chi connectivity index (χ3n) is 4.92. The molecule has 3 rings (SSSR count). The molecular formula is C23H16ClF3N4O2. The number of ether oxygens (including phenoxy) is 1. The zero-order valence-electron chi connectivity index (χ0n) is 17.5. The molecule has 0 atom stereocenters. The molecule has 3 aromatic rings. The number of hydrogen-bond acceptors (Lipinski definition) is 4. The van der Waals surface area contributed by atoms with Crippen LogP contribution < -0.4 is 0 Å². The van der Waals surface area contributed by atoms with Crippen LogP contribution in [-0.2, 0) is 17.5 Å². The maximum Gasteiger partial charge on any atom is 0.432 e. The summed E-state index contributed by atoms with van der Waals surface area (Å²) in [5, 5.41) is 9.51. The fourth-order valence-corrected chi connectivity index (χ4v) is 3.69. The van der Waals surface area contributed by atoms with Crippen LogP contribution in [0.25, 0.3) is 16.0 Å². The molecule has 168 valence electrons. The van der Waals surface area contributed by atoms with Crippen LogP contribution in [0.15, 0.2) is 36.5 Å². The number of alkyl halides is 3. The minimum atomic E-state index is -4.83. The van der Waals surface area contributed by atoms with Gasteiger partial charge in [-0.15, -0.1) is 0 Å². The summed E-state index contributed by atoms with van der Waals surface area (Å²) >= 11 is 5.96. The number of nitriles is 1. The van der Waals surface area contributed by atoms with Crippen molar-refractivity contribution in [2.45, 2.75) is 26.6 Å². The van der Waals surface area contributed by atoms with Gasteiger partial charge in [0.15, 0.2) is 5.69 Å². The van der Waals surface area contributed by atoms with E-state index < -0.39 is 23.4 Å². The number of carbonyl (C=O) groups is 1. The van der Waals surface area contributed by atoms with E-state index >= 15 is 0 Å². The molecule has 0 saturated heterocycles. The lowest BCUT2D eigenvalue weighted by Crippen LogP contribution is -2.17. The molecule has 0 spiro atoms. The fraction of sp³-hybridized carbons (Fsp3) is 0.217. The highest BCUT2D eigenvalue weighted by Gasteiger charge is 2.40. The average Bonchev–Trinajstić information content (AvgIpc) is 3.06. The van der Waals surface area contributed by atoms with Gasteiger partial charge in [0.05, 0.1) is 24.3 Å². The lowest BCUT2D eigenvalue weighted by molar-refractivity contribution is -0.143. The van der Waals surface area contributed by atoms with E-state index in [1.807, 2.05) is 0 Å². The second-order valence-corrected chi connectivity index (χ2v) is 7.30. The van der Waals surface area contributed by atoms with Gasteiger partial charge in [0.25, 0.3) is 0 Å². The molecule has 0 aliphatic rings. The summed E-state index contributed by atoms with van der Waals surface area (Å²) in [6, 6.07) is 8.97. The molecule has 0 aliphatic carbocycles. The van der Waals surface area contributed by atoms with Crippen LogP contribution in [0.1, 0.15) is 39.8 Å². The normalized spacial score (nSPS) is 11.0. The van der Waals surface area contributed by atoms with E-state index in [9.17, 15) is 23.2 Å². The first-order valence-corrected chi connectivity index (χ1v) is 9.99. The standard InChI is InChI=1S/C23H16ClF3N4O2/c1-4-33-22(32)17-9-14(11-30-21(17)24)12-31-13(2)19(15-5-7-16(29-3)8-6-15)18(10-28)20(31)23(25,26)27/h5-9,11H,4,12H2,1-2H3. The molecule has 0 bridgehead atoms. The maximum absolute atomic E-state index is 14.1. The van der Waals surface area contributed by atoms with E-state index in [2.05, 4.69) is 9.83 Å². The highest BCUT2D eigenvalue weighted by atomic mass is 35.5. The minimum absolute atomic E-state index is 0.0650. The van der Waals surface area contributed by atoms with Crippen molar-refractivity contribution in [3.05, 3.63) is 81.2 Å². The van der Waals surface area contributed by atoms with Crippen LogP contribution in [0.3, 0.4) is 0 Å². The van der Waals surface area contributed by atoms with Crippen LogP contribution in [0.2, 0.25) is 5.15 Å². The summed E-state index contributed by atoms with van der Waals surface area (Å²) in [5.74, 6) is -0.740. The van der Waals surface area contributed by atoms with E-state index in [-0.39, 0.29) is 40.7 Å². The van der Waals surface area contributed by atoms with E-state index in [4.69, 9.17) is 22.9 Å². The molecule has 10 heteroatoms. The Morgan fingerprint density at radius 2 is 2.00 bits per heavy atom. The first-order valence-electron chi connectivity index (χ1n) is 9.62. The molecule has 0 radical (unpaired) electrons. The molecule has 2 heterocycles. The number of nitrogens with zero attached hydrogens (tertiary/aromatic N) is 4. The molecule has 0 amide bonds. The summed E-state index contributed by atoms with van der Waals surface area (Å²) in [5.41, 5.74) is -0.417. The van der Waals surface area contributed by atoms with Crippen molar-refractivity contribution in [1.82, 2.24) is 9.55 Å². The van der Waals surface area contributed by atoms with Crippen LogP contribution in [0.5, 0.6) is 0 Å². The number of hydrogen-bond donors (Lipinski definition) is 0. The molecule has 6 nitrogen and oxygen atoms in total. The quantitative estimate of drug-likeness (QED) is 0.252. The van der Waals surface area contributed by atoms with Gasteiger partial charge in [-0.3, -0.25) is 0 Å². The van der Waals surface area contributed by atoms with Gasteiger partial charge in [0, 0.05) is 24.0 Å². The van der Waals surface area contributed by atoms with Crippen molar-refractivity contribution in [3.63, 3.8) is 0 Å².